The number of fused-ring (bicyclic) bond motifs is 1. The fourth-order valence-electron chi connectivity index (χ4n) is 2.61. The van der Waals surface area contributed by atoms with E-state index in [0.29, 0.717) is 12.0 Å². The first-order valence-corrected chi connectivity index (χ1v) is 6.67. The first-order valence-electron chi connectivity index (χ1n) is 6.67. The van der Waals surface area contributed by atoms with Crippen molar-refractivity contribution in [1.82, 2.24) is 10.6 Å². The van der Waals surface area contributed by atoms with Crippen LogP contribution in [0.2, 0.25) is 0 Å². The number of rotatable bonds is 2. The summed E-state index contributed by atoms with van der Waals surface area (Å²) in [7, 11) is 0. The molecule has 100 valence electrons. The molecule has 3 N–H and O–H groups in total. The summed E-state index contributed by atoms with van der Waals surface area (Å²) < 4.78 is 0. The molecule has 1 aromatic carbocycles. The summed E-state index contributed by atoms with van der Waals surface area (Å²) in [5, 5.41) is 9.06. The maximum Gasteiger partial charge on any atom is 0.251 e. The standard InChI is InChI=1S/C14H17N3O2/c18-13-7-10-6-9(3-4-12(10)17-13)14(19)16-11-2-1-5-15-8-11/h3-4,6,11,15H,1-2,5,7-8H2,(H,16,19)(H,17,18)/t11-/m0/s1. The lowest BCUT2D eigenvalue weighted by Crippen LogP contribution is -2.45. The predicted molar refractivity (Wildman–Crippen MR) is 72.1 cm³/mol. The Labute approximate surface area is 111 Å². The van der Waals surface area contributed by atoms with Crippen LogP contribution in [0.15, 0.2) is 18.2 Å². The number of benzene rings is 1. The normalized spacial score (nSPS) is 21.7. The highest BCUT2D eigenvalue weighted by molar-refractivity contribution is 6.01. The van der Waals surface area contributed by atoms with Gasteiger partial charge in [0.2, 0.25) is 5.91 Å². The van der Waals surface area contributed by atoms with Crippen molar-refractivity contribution in [3.63, 3.8) is 0 Å². The second kappa shape index (κ2) is 5.01. The van der Waals surface area contributed by atoms with Crippen molar-refractivity contribution >= 4 is 17.5 Å². The first-order chi connectivity index (χ1) is 9.22. The summed E-state index contributed by atoms with van der Waals surface area (Å²) in [4.78, 5) is 23.4. The summed E-state index contributed by atoms with van der Waals surface area (Å²) in [6.07, 6.45) is 2.47. The van der Waals surface area contributed by atoms with Crippen molar-refractivity contribution < 1.29 is 9.59 Å². The zero-order valence-corrected chi connectivity index (χ0v) is 10.7. The molecule has 3 rings (SSSR count). The SMILES string of the molecule is O=C1Cc2cc(C(=O)N[C@H]3CCCNC3)ccc2N1. The van der Waals surface area contributed by atoms with E-state index < -0.39 is 0 Å². The Bertz CT molecular complexity index is 521. The van der Waals surface area contributed by atoms with Crippen molar-refractivity contribution in [2.45, 2.75) is 25.3 Å². The lowest BCUT2D eigenvalue weighted by Gasteiger charge is -2.23. The van der Waals surface area contributed by atoms with Crippen LogP contribution in [0.1, 0.15) is 28.8 Å². The van der Waals surface area contributed by atoms with Crippen LogP contribution in [0, 0.1) is 0 Å². The molecule has 2 aliphatic heterocycles. The van der Waals surface area contributed by atoms with Crippen molar-refractivity contribution in [3.05, 3.63) is 29.3 Å². The molecule has 2 amide bonds. The number of nitrogens with one attached hydrogen (secondary N) is 3. The van der Waals surface area contributed by atoms with Gasteiger partial charge in [-0.25, -0.2) is 0 Å². The Hall–Kier alpha value is -1.88. The van der Waals surface area contributed by atoms with Crippen LogP contribution in [0.4, 0.5) is 5.69 Å². The Kier molecular flexibility index (Phi) is 3.21. The topological polar surface area (TPSA) is 70.2 Å². The van der Waals surface area contributed by atoms with E-state index in [1.54, 1.807) is 18.2 Å². The van der Waals surface area contributed by atoms with Gasteiger partial charge in [-0.2, -0.15) is 0 Å². The molecule has 19 heavy (non-hydrogen) atoms. The van der Waals surface area contributed by atoms with Gasteiger partial charge < -0.3 is 16.0 Å². The van der Waals surface area contributed by atoms with Crippen molar-refractivity contribution in [1.29, 1.82) is 0 Å². The van der Waals surface area contributed by atoms with E-state index in [9.17, 15) is 9.59 Å². The van der Waals surface area contributed by atoms with Crippen LogP contribution in [-0.2, 0) is 11.2 Å². The minimum Gasteiger partial charge on any atom is -0.348 e. The van der Waals surface area contributed by atoms with Gasteiger partial charge in [-0.3, -0.25) is 9.59 Å². The Morgan fingerprint density at radius 3 is 3.05 bits per heavy atom. The monoisotopic (exact) mass is 259 g/mol. The average Bonchev–Trinajstić information content (AvgIpc) is 2.78. The van der Waals surface area contributed by atoms with Gasteiger partial charge in [0.15, 0.2) is 0 Å². The summed E-state index contributed by atoms with van der Waals surface area (Å²) in [6.45, 7) is 1.86. The molecule has 0 saturated carbocycles. The minimum atomic E-state index is -0.0594. The maximum atomic E-state index is 12.2. The van der Waals surface area contributed by atoms with Crippen LogP contribution < -0.4 is 16.0 Å². The lowest BCUT2D eigenvalue weighted by atomic mass is 10.1. The number of hydrogen-bond donors (Lipinski definition) is 3. The smallest absolute Gasteiger partial charge is 0.251 e. The van der Waals surface area contributed by atoms with Gasteiger partial charge in [-0.05, 0) is 43.1 Å². The second-order valence-electron chi connectivity index (χ2n) is 5.11. The van der Waals surface area contributed by atoms with Gasteiger partial charge in [-0.15, -0.1) is 0 Å². The Morgan fingerprint density at radius 2 is 2.26 bits per heavy atom. The third kappa shape index (κ3) is 2.61. The van der Waals surface area contributed by atoms with E-state index in [-0.39, 0.29) is 17.9 Å². The van der Waals surface area contributed by atoms with Gasteiger partial charge >= 0.3 is 0 Å². The maximum absolute atomic E-state index is 12.2. The molecular formula is C14H17N3O2. The lowest BCUT2D eigenvalue weighted by molar-refractivity contribution is -0.115. The molecule has 1 atom stereocenters. The van der Waals surface area contributed by atoms with Crippen LogP contribution in [-0.4, -0.2) is 30.9 Å². The predicted octanol–water partition coefficient (Wildman–Crippen LogP) is 0.663. The summed E-state index contributed by atoms with van der Waals surface area (Å²) in [6, 6.07) is 5.57. The van der Waals surface area contributed by atoms with Gasteiger partial charge in [0.25, 0.3) is 5.91 Å². The fraction of sp³-hybridized carbons (Fsp3) is 0.429. The van der Waals surface area contributed by atoms with Crippen molar-refractivity contribution in [2.75, 3.05) is 18.4 Å². The molecule has 0 radical (unpaired) electrons. The third-order valence-electron chi connectivity index (χ3n) is 3.62. The highest BCUT2D eigenvalue weighted by Crippen LogP contribution is 2.23. The molecule has 0 spiro atoms. The molecule has 1 saturated heterocycles. The van der Waals surface area contributed by atoms with E-state index in [0.717, 1.165) is 37.2 Å². The molecule has 0 bridgehead atoms. The molecule has 0 unspecified atom stereocenters. The Morgan fingerprint density at radius 1 is 1.37 bits per heavy atom. The fourth-order valence-corrected chi connectivity index (χ4v) is 2.61. The number of carbonyl (C=O) groups is 2. The number of carbonyl (C=O) groups excluding carboxylic acids is 2. The minimum absolute atomic E-state index is 0.0101. The molecule has 1 fully saturated rings. The van der Waals surface area contributed by atoms with Crippen LogP contribution in [0.25, 0.3) is 0 Å². The van der Waals surface area contributed by atoms with Crippen molar-refractivity contribution in [3.8, 4) is 0 Å². The zero-order valence-electron chi connectivity index (χ0n) is 10.7. The van der Waals surface area contributed by atoms with Crippen LogP contribution in [0.5, 0.6) is 0 Å². The highest BCUT2D eigenvalue weighted by atomic mass is 16.2. The van der Waals surface area contributed by atoms with Gasteiger partial charge in [0.05, 0.1) is 6.42 Å². The van der Waals surface area contributed by atoms with E-state index in [1.165, 1.54) is 0 Å². The molecule has 2 heterocycles. The van der Waals surface area contributed by atoms with Gasteiger partial charge in [-0.1, -0.05) is 0 Å². The quantitative estimate of drug-likeness (QED) is 0.731. The van der Waals surface area contributed by atoms with Crippen LogP contribution >= 0.6 is 0 Å². The number of piperidine rings is 1. The summed E-state index contributed by atoms with van der Waals surface area (Å²) in [5.41, 5.74) is 2.35. The largest absolute Gasteiger partial charge is 0.348 e. The third-order valence-corrected chi connectivity index (χ3v) is 3.62. The van der Waals surface area contributed by atoms with E-state index in [2.05, 4.69) is 16.0 Å². The summed E-state index contributed by atoms with van der Waals surface area (Å²) in [5.74, 6) is -0.0695. The van der Waals surface area contributed by atoms with E-state index >= 15 is 0 Å². The second-order valence-corrected chi connectivity index (χ2v) is 5.11. The van der Waals surface area contributed by atoms with E-state index in [4.69, 9.17) is 0 Å². The molecule has 5 heteroatoms. The number of hydrogen-bond acceptors (Lipinski definition) is 3. The summed E-state index contributed by atoms with van der Waals surface area (Å²) >= 11 is 0. The number of anilines is 1. The van der Waals surface area contributed by atoms with Crippen molar-refractivity contribution in [2.24, 2.45) is 0 Å². The zero-order chi connectivity index (χ0) is 13.2. The molecule has 0 aromatic heterocycles. The van der Waals surface area contributed by atoms with Gasteiger partial charge in [0.1, 0.15) is 0 Å². The molecular weight excluding hydrogens is 242 g/mol. The van der Waals surface area contributed by atoms with Gasteiger partial charge in [0, 0.05) is 23.8 Å². The van der Waals surface area contributed by atoms with Crippen LogP contribution in [0.3, 0.4) is 0 Å². The highest BCUT2D eigenvalue weighted by Gasteiger charge is 2.20. The Balaban J connectivity index is 1.70. The molecule has 5 nitrogen and oxygen atoms in total. The molecule has 1 aromatic rings. The average molecular weight is 259 g/mol. The first kappa shape index (κ1) is 12.2. The van der Waals surface area contributed by atoms with E-state index in [1.807, 2.05) is 0 Å². The molecule has 0 aliphatic carbocycles. The molecule has 2 aliphatic rings. The number of amides is 2.